The van der Waals surface area contributed by atoms with Crippen LogP contribution in [0, 0.1) is 17.1 Å². The summed E-state index contributed by atoms with van der Waals surface area (Å²) in [4.78, 5) is 25.5. The van der Waals surface area contributed by atoms with Gasteiger partial charge >= 0.3 is 5.97 Å². The van der Waals surface area contributed by atoms with Gasteiger partial charge in [-0.25, -0.2) is 9.18 Å². The molecule has 0 aliphatic carbocycles. The van der Waals surface area contributed by atoms with Gasteiger partial charge in [0.2, 0.25) is 11.3 Å². The quantitative estimate of drug-likeness (QED) is 0.585. The van der Waals surface area contributed by atoms with E-state index in [-0.39, 0.29) is 23.6 Å². The lowest BCUT2D eigenvalue weighted by molar-refractivity contribution is -0.147. The van der Waals surface area contributed by atoms with Gasteiger partial charge in [-0.05, 0) is 37.6 Å². The molecule has 156 valence electrons. The van der Waals surface area contributed by atoms with Crippen molar-refractivity contribution in [1.82, 2.24) is 4.57 Å². The fourth-order valence-corrected chi connectivity index (χ4v) is 4.01. The third-order valence-corrected chi connectivity index (χ3v) is 5.36. The first kappa shape index (κ1) is 20.4. The summed E-state index contributed by atoms with van der Waals surface area (Å²) in [5.74, 6) is -1.75. The van der Waals surface area contributed by atoms with E-state index in [1.807, 2.05) is 36.4 Å². The van der Waals surface area contributed by atoms with Crippen molar-refractivity contribution in [1.29, 1.82) is 5.26 Å². The van der Waals surface area contributed by atoms with Crippen LogP contribution in [0.4, 0.5) is 4.39 Å². The zero-order valence-corrected chi connectivity index (χ0v) is 17.0. The predicted octanol–water partition coefficient (Wildman–Crippen LogP) is 4.02. The molecule has 1 aliphatic heterocycles. The van der Waals surface area contributed by atoms with Gasteiger partial charge in [0.25, 0.3) is 0 Å². The Morgan fingerprint density at radius 3 is 2.61 bits per heavy atom. The van der Waals surface area contributed by atoms with Crippen molar-refractivity contribution >= 4 is 22.7 Å². The van der Waals surface area contributed by atoms with Gasteiger partial charge in [-0.15, -0.1) is 0 Å². The topological polar surface area (TPSA) is 81.3 Å². The monoisotopic (exact) mass is 418 g/mol. The van der Waals surface area contributed by atoms with Gasteiger partial charge in [-0.3, -0.25) is 4.79 Å². The Balaban J connectivity index is 2.07. The molecule has 3 aromatic rings. The summed E-state index contributed by atoms with van der Waals surface area (Å²) in [6.07, 6.45) is 1.13. The normalized spacial score (nSPS) is 17.3. The molecule has 2 heterocycles. The second-order valence-corrected chi connectivity index (χ2v) is 7.20. The van der Waals surface area contributed by atoms with Crippen molar-refractivity contribution in [3.05, 3.63) is 77.3 Å². The maximum absolute atomic E-state index is 14.3. The Labute approximate surface area is 178 Å². The van der Waals surface area contributed by atoms with E-state index >= 15 is 0 Å². The summed E-state index contributed by atoms with van der Waals surface area (Å²) in [6, 6.07) is 15.6. The molecule has 0 saturated heterocycles. The molecule has 0 amide bonds. The number of hydrogen-bond acceptors (Lipinski definition) is 5. The van der Waals surface area contributed by atoms with Gasteiger partial charge in [0.05, 0.1) is 35.9 Å². The van der Waals surface area contributed by atoms with E-state index in [9.17, 15) is 19.2 Å². The number of fused-ring (bicyclic) bond motifs is 3. The molecular weight excluding hydrogens is 399 g/mol. The third kappa shape index (κ3) is 3.08. The van der Waals surface area contributed by atoms with Crippen LogP contribution in [0.25, 0.3) is 10.9 Å². The first-order valence-electron chi connectivity index (χ1n) is 9.76. The van der Waals surface area contributed by atoms with Gasteiger partial charge in [-0.1, -0.05) is 30.3 Å². The second kappa shape index (κ2) is 7.73. The largest absolute Gasteiger partial charge is 0.464 e. The fourth-order valence-electron chi connectivity index (χ4n) is 4.01. The Morgan fingerprint density at radius 2 is 1.97 bits per heavy atom. The van der Waals surface area contributed by atoms with Crippen molar-refractivity contribution in [2.75, 3.05) is 6.61 Å². The van der Waals surface area contributed by atoms with Crippen molar-refractivity contribution in [2.45, 2.75) is 25.8 Å². The Kier molecular flexibility index (Phi) is 5.07. The van der Waals surface area contributed by atoms with Crippen LogP contribution in [0.2, 0.25) is 0 Å². The summed E-state index contributed by atoms with van der Waals surface area (Å²) in [6.45, 7) is 3.22. The fraction of sp³-hybridized carbons (Fsp3) is 0.208. The number of hydrogen-bond donors (Lipinski definition) is 0. The number of aromatic nitrogens is 1. The number of benzene rings is 2. The Bertz CT molecular complexity index is 1270. The number of carbonyl (C=O) groups excluding carboxylic acids is 2. The molecular formula is C24H19FN2O4. The molecule has 0 radical (unpaired) electrons. The molecule has 0 N–H and O–H groups in total. The zero-order valence-electron chi connectivity index (χ0n) is 17.0. The van der Waals surface area contributed by atoms with Crippen LogP contribution in [0.15, 0.2) is 60.4 Å². The second-order valence-electron chi connectivity index (χ2n) is 7.20. The highest BCUT2D eigenvalue weighted by molar-refractivity contribution is 6.10. The lowest BCUT2D eigenvalue weighted by Crippen LogP contribution is -2.42. The van der Waals surface area contributed by atoms with Crippen LogP contribution < -0.4 is 4.74 Å². The van der Waals surface area contributed by atoms with Crippen LogP contribution in [0.5, 0.6) is 5.88 Å². The van der Waals surface area contributed by atoms with Crippen LogP contribution in [-0.2, 0) is 26.3 Å². The third-order valence-electron chi connectivity index (χ3n) is 5.36. The maximum atomic E-state index is 14.3. The number of esters is 1. The molecule has 1 aromatic heterocycles. The van der Waals surface area contributed by atoms with Crippen molar-refractivity contribution in [2.24, 2.45) is 0 Å². The van der Waals surface area contributed by atoms with Crippen LogP contribution in [0.1, 0.15) is 25.0 Å². The van der Waals surface area contributed by atoms with Crippen molar-refractivity contribution in [3.8, 4) is 11.9 Å². The molecule has 31 heavy (non-hydrogen) atoms. The number of rotatable bonds is 5. The molecule has 1 aliphatic rings. The molecule has 0 spiro atoms. The van der Waals surface area contributed by atoms with E-state index < -0.39 is 23.0 Å². The lowest BCUT2D eigenvalue weighted by atomic mass is 9.73. The number of nitrogens with zero attached hydrogens (tertiary/aromatic N) is 2. The van der Waals surface area contributed by atoms with Gasteiger partial charge in [0.1, 0.15) is 12.1 Å². The standard InChI is InChI=1S/C24H19FN2O4/c1-3-30-23(29)24(14-26)19(15(2)28)13-31-22-21(24)18-11-17(25)9-10-20(18)27(22)12-16-7-5-4-6-8-16/h4-11,13H,3,12H2,1-2H3. The number of carbonyl (C=O) groups is 2. The minimum atomic E-state index is -2.07. The average Bonchev–Trinajstić information content (AvgIpc) is 3.07. The van der Waals surface area contributed by atoms with Crippen LogP contribution in [-0.4, -0.2) is 22.9 Å². The van der Waals surface area contributed by atoms with Gasteiger partial charge in [-0.2, -0.15) is 5.26 Å². The van der Waals surface area contributed by atoms with Gasteiger partial charge < -0.3 is 14.0 Å². The average molecular weight is 418 g/mol. The molecule has 7 heteroatoms. The molecule has 4 rings (SSSR count). The highest BCUT2D eigenvalue weighted by Gasteiger charge is 2.54. The summed E-state index contributed by atoms with van der Waals surface area (Å²) in [7, 11) is 0. The zero-order chi connectivity index (χ0) is 22.2. The molecule has 1 atom stereocenters. The Morgan fingerprint density at radius 1 is 1.23 bits per heavy atom. The first-order valence-corrected chi connectivity index (χ1v) is 9.76. The smallest absolute Gasteiger partial charge is 0.336 e. The summed E-state index contributed by atoms with van der Waals surface area (Å²) >= 11 is 0. The van der Waals surface area contributed by atoms with Gasteiger partial charge in [0.15, 0.2) is 5.78 Å². The SMILES string of the molecule is CCOC(=O)C1(C#N)C(C(C)=O)=COc2c1c1cc(F)ccc1n2Cc1ccccc1. The summed E-state index contributed by atoms with van der Waals surface area (Å²) in [5.41, 5.74) is -0.591. The highest BCUT2D eigenvalue weighted by atomic mass is 19.1. The van der Waals surface area contributed by atoms with E-state index in [0.717, 1.165) is 11.8 Å². The number of nitriles is 1. The first-order chi connectivity index (χ1) is 14.9. The molecule has 1 unspecified atom stereocenters. The minimum Gasteiger partial charge on any atom is -0.464 e. The summed E-state index contributed by atoms with van der Waals surface area (Å²) in [5, 5.41) is 10.5. The molecule has 6 nitrogen and oxygen atoms in total. The van der Waals surface area contributed by atoms with Crippen LogP contribution in [0.3, 0.4) is 0 Å². The van der Waals surface area contributed by atoms with Gasteiger partial charge in [0, 0.05) is 5.39 Å². The van der Waals surface area contributed by atoms with E-state index in [0.29, 0.717) is 17.4 Å². The molecule has 2 aromatic carbocycles. The van der Waals surface area contributed by atoms with E-state index in [1.54, 1.807) is 17.6 Å². The molecule has 0 saturated carbocycles. The van der Waals surface area contributed by atoms with Crippen molar-refractivity contribution in [3.63, 3.8) is 0 Å². The number of ketones is 1. The minimum absolute atomic E-state index is 0.0145. The number of ether oxygens (including phenoxy) is 2. The van der Waals surface area contributed by atoms with Crippen LogP contribution >= 0.6 is 0 Å². The Hall–Kier alpha value is -3.92. The van der Waals surface area contributed by atoms with E-state index in [1.165, 1.54) is 19.1 Å². The highest BCUT2D eigenvalue weighted by Crippen LogP contribution is 2.48. The molecule has 0 bridgehead atoms. The number of Topliss-reactive ketones (excluding diaryl/α,β-unsaturated/α-hetero) is 1. The summed E-state index contributed by atoms with van der Waals surface area (Å²) < 4.78 is 27.1. The maximum Gasteiger partial charge on any atom is 0.336 e. The van der Waals surface area contributed by atoms with Crippen molar-refractivity contribution < 1.29 is 23.5 Å². The molecule has 0 fully saturated rings. The predicted molar refractivity (Wildman–Crippen MR) is 111 cm³/mol. The lowest BCUT2D eigenvalue weighted by Gasteiger charge is -2.30. The van der Waals surface area contributed by atoms with E-state index in [2.05, 4.69) is 0 Å². The number of halogens is 1. The van der Waals surface area contributed by atoms with E-state index in [4.69, 9.17) is 9.47 Å².